The van der Waals surface area contributed by atoms with E-state index in [0.717, 1.165) is 0 Å². The topological polar surface area (TPSA) is 0 Å². The van der Waals surface area contributed by atoms with Crippen molar-refractivity contribution < 1.29 is 0 Å². The molecule has 0 bridgehead atoms. The highest BCUT2D eigenvalue weighted by Crippen LogP contribution is 2.46. The molecule has 0 aromatic rings. The lowest BCUT2D eigenvalue weighted by atomic mass is 10.4. The van der Waals surface area contributed by atoms with Crippen molar-refractivity contribution in [3.8, 4) is 0 Å². The summed E-state index contributed by atoms with van der Waals surface area (Å²) >= 11 is 0. The Labute approximate surface area is 54.0 Å². The van der Waals surface area contributed by atoms with Crippen molar-refractivity contribution in [1.82, 2.24) is 0 Å². The Balaban J connectivity index is 3.11. The van der Waals surface area contributed by atoms with Crippen LogP contribution in [0.25, 0.3) is 0 Å². The van der Waals surface area contributed by atoms with Gasteiger partial charge in [0.15, 0.2) is 0 Å². The second-order valence-corrected chi connectivity index (χ2v) is 8.40. The molecule has 0 nitrogen and oxygen atoms in total. The monoisotopic (exact) mass is 133 g/mol. The summed E-state index contributed by atoms with van der Waals surface area (Å²) in [6.45, 7) is 9.48. The van der Waals surface area contributed by atoms with Crippen molar-refractivity contribution in [2.45, 2.75) is 19.8 Å². The van der Waals surface area contributed by atoms with Crippen molar-refractivity contribution in [2.24, 2.45) is 0 Å². The summed E-state index contributed by atoms with van der Waals surface area (Å²) in [4.78, 5) is 0. The van der Waals surface area contributed by atoms with Crippen LogP contribution in [0.4, 0.5) is 0 Å². The van der Waals surface area contributed by atoms with Gasteiger partial charge in [0.25, 0.3) is 0 Å². The fourth-order valence-corrected chi connectivity index (χ4v) is 1.90. The first kappa shape index (κ1) is 8.43. The molecule has 0 aromatic carbocycles. The minimum Gasteiger partial charge on any atom is -0.134 e. The Bertz CT molecular complexity index is 51.9. The molecule has 0 aliphatic heterocycles. The number of hydrogen-bond donors (Lipinski definition) is 0. The highest BCUT2D eigenvalue weighted by atomic mass is 31.2. The molecule has 0 unspecified atom stereocenters. The molecule has 0 saturated carbocycles. The van der Waals surface area contributed by atoms with Crippen LogP contribution in [0.15, 0.2) is 0 Å². The number of unbranched alkanes of at least 4 members (excludes halogenated alkanes) is 1. The summed E-state index contributed by atoms with van der Waals surface area (Å²) in [5, 5.41) is 0. The van der Waals surface area contributed by atoms with E-state index in [4.69, 9.17) is 0 Å². The molecule has 8 heavy (non-hydrogen) atoms. The standard InChI is InChI=1S/C7H18P/c1-5-6-7-8(2,3)4/h5-7H2,1-4H3. The van der Waals surface area contributed by atoms with Gasteiger partial charge in [-0.05, 0) is 32.6 Å². The Hall–Kier alpha value is 0.430. The van der Waals surface area contributed by atoms with Gasteiger partial charge in [-0.25, -0.2) is 0 Å². The first-order chi connectivity index (χ1) is 3.56. The van der Waals surface area contributed by atoms with E-state index in [1.165, 1.54) is 19.0 Å². The fraction of sp³-hybridized carbons (Fsp3) is 1.00. The molecule has 0 aliphatic rings. The fourth-order valence-electron chi connectivity index (χ4n) is 0.632. The molecule has 0 spiro atoms. The summed E-state index contributed by atoms with van der Waals surface area (Å²) in [5.74, 6) is 0. The van der Waals surface area contributed by atoms with Crippen LogP contribution in [0, 0.1) is 0 Å². The summed E-state index contributed by atoms with van der Waals surface area (Å²) in [7, 11) is -0.432. The van der Waals surface area contributed by atoms with Gasteiger partial charge < -0.3 is 0 Å². The summed E-state index contributed by atoms with van der Waals surface area (Å²) < 4.78 is 0. The van der Waals surface area contributed by atoms with Crippen LogP contribution in [0.5, 0.6) is 0 Å². The second kappa shape index (κ2) is 3.45. The van der Waals surface area contributed by atoms with Gasteiger partial charge in [-0.2, -0.15) is 0 Å². The lowest BCUT2D eigenvalue weighted by molar-refractivity contribution is 0.889. The molecule has 0 N–H and O–H groups in total. The van der Waals surface area contributed by atoms with E-state index < -0.39 is 7.26 Å². The third-order valence-corrected chi connectivity index (χ3v) is 2.84. The molecule has 1 heteroatoms. The van der Waals surface area contributed by atoms with E-state index >= 15 is 0 Å². The average molecular weight is 133 g/mol. The van der Waals surface area contributed by atoms with Crippen molar-refractivity contribution in [3.63, 3.8) is 0 Å². The van der Waals surface area contributed by atoms with E-state index in [1.807, 2.05) is 0 Å². The highest BCUT2D eigenvalue weighted by molar-refractivity contribution is 7.73. The lowest BCUT2D eigenvalue weighted by Gasteiger charge is -2.19. The van der Waals surface area contributed by atoms with Crippen LogP contribution in [-0.4, -0.2) is 26.2 Å². The van der Waals surface area contributed by atoms with E-state index in [1.54, 1.807) is 0 Å². The van der Waals surface area contributed by atoms with E-state index in [9.17, 15) is 0 Å². The van der Waals surface area contributed by atoms with Gasteiger partial charge in [-0.15, -0.1) is 7.26 Å². The zero-order valence-corrected chi connectivity index (χ0v) is 7.46. The Morgan fingerprint density at radius 2 is 1.62 bits per heavy atom. The maximum Gasteiger partial charge on any atom is -0.0366 e. The highest BCUT2D eigenvalue weighted by Gasteiger charge is 2.03. The van der Waals surface area contributed by atoms with Gasteiger partial charge >= 0.3 is 0 Å². The predicted octanol–water partition coefficient (Wildman–Crippen LogP) is 2.69. The minimum atomic E-state index is -0.432. The molecule has 0 heterocycles. The van der Waals surface area contributed by atoms with Gasteiger partial charge in [0.05, 0.1) is 0 Å². The first-order valence-electron chi connectivity index (χ1n) is 3.36. The second-order valence-electron chi connectivity index (χ2n) is 3.37. The van der Waals surface area contributed by atoms with Crippen molar-refractivity contribution in [3.05, 3.63) is 0 Å². The number of hydrogen-bond acceptors (Lipinski definition) is 0. The van der Waals surface area contributed by atoms with Crippen LogP contribution < -0.4 is 0 Å². The molecule has 51 valence electrons. The zero-order valence-electron chi connectivity index (χ0n) is 6.57. The SMILES string of the molecule is CCCC[P](C)(C)C. The molecule has 0 aromatic heterocycles. The Morgan fingerprint density at radius 1 is 1.12 bits per heavy atom. The Kier molecular flexibility index (Phi) is 3.64. The molecule has 0 aliphatic carbocycles. The third-order valence-electron chi connectivity index (χ3n) is 1.18. The molecule has 0 fully saturated rings. The third kappa shape index (κ3) is 6.43. The lowest BCUT2D eigenvalue weighted by Crippen LogP contribution is -1.90. The first-order valence-corrected chi connectivity index (χ1v) is 6.68. The van der Waals surface area contributed by atoms with E-state index in [0.29, 0.717) is 0 Å². The molecule has 0 amide bonds. The van der Waals surface area contributed by atoms with Gasteiger partial charge in [-0.1, -0.05) is 13.3 Å². The molecule has 1 radical (unpaired) electrons. The van der Waals surface area contributed by atoms with Crippen LogP contribution in [0.1, 0.15) is 19.8 Å². The van der Waals surface area contributed by atoms with Gasteiger partial charge in [-0.3, -0.25) is 0 Å². The largest absolute Gasteiger partial charge is 0.134 e. The summed E-state index contributed by atoms with van der Waals surface area (Å²) in [6, 6.07) is 0. The maximum atomic E-state index is 2.41. The quantitative estimate of drug-likeness (QED) is 0.519. The van der Waals surface area contributed by atoms with E-state index in [2.05, 4.69) is 26.9 Å². The van der Waals surface area contributed by atoms with Crippen molar-refractivity contribution >= 4 is 7.26 Å². The number of rotatable bonds is 3. The molecular weight excluding hydrogens is 115 g/mol. The normalized spacial score (nSPS) is 12.0. The smallest absolute Gasteiger partial charge is 0.0366 e. The van der Waals surface area contributed by atoms with Gasteiger partial charge in [0, 0.05) is 0 Å². The maximum absolute atomic E-state index is 2.41. The van der Waals surface area contributed by atoms with Crippen LogP contribution in [-0.2, 0) is 0 Å². The average Bonchev–Trinajstić information content (AvgIpc) is 1.59. The zero-order chi connectivity index (χ0) is 6.62. The minimum absolute atomic E-state index is 0.432. The van der Waals surface area contributed by atoms with Crippen molar-refractivity contribution in [2.75, 3.05) is 26.2 Å². The Morgan fingerprint density at radius 3 is 1.75 bits per heavy atom. The summed E-state index contributed by atoms with van der Waals surface area (Å²) in [6.07, 6.45) is 4.26. The van der Waals surface area contributed by atoms with E-state index in [-0.39, 0.29) is 0 Å². The molecular formula is C7H18P. The van der Waals surface area contributed by atoms with Crippen molar-refractivity contribution in [1.29, 1.82) is 0 Å². The molecule has 0 atom stereocenters. The van der Waals surface area contributed by atoms with Gasteiger partial charge in [0.2, 0.25) is 0 Å². The van der Waals surface area contributed by atoms with Crippen LogP contribution in [0.2, 0.25) is 0 Å². The van der Waals surface area contributed by atoms with Crippen LogP contribution in [0.3, 0.4) is 0 Å². The van der Waals surface area contributed by atoms with Crippen LogP contribution >= 0.6 is 7.26 Å². The van der Waals surface area contributed by atoms with Gasteiger partial charge in [0.1, 0.15) is 0 Å². The molecule has 0 rings (SSSR count). The molecule has 0 saturated heterocycles. The summed E-state index contributed by atoms with van der Waals surface area (Å²) in [5.41, 5.74) is 0. The predicted molar refractivity (Wildman–Crippen MR) is 44.5 cm³/mol.